The molecule has 0 saturated carbocycles. The highest BCUT2D eigenvalue weighted by molar-refractivity contribution is 5.94. The summed E-state index contributed by atoms with van der Waals surface area (Å²) in [5, 5.41) is 21.3. The van der Waals surface area contributed by atoms with Crippen molar-refractivity contribution in [2.75, 3.05) is 0 Å². The first kappa shape index (κ1) is 17.8. The van der Waals surface area contributed by atoms with Crippen LogP contribution in [0.3, 0.4) is 0 Å². The molecule has 0 fully saturated rings. The Bertz CT molecular complexity index is 649. The number of carboxylic acid groups (broad SMARTS) is 2. The number of alkyl carbamates (subject to hydrolysis) is 1. The zero-order valence-electron chi connectivity index (χ0n) is 13.8. The molecule has 7 heteroatoms. The number of amides is 1. The number of hydrogen-bond acceptors (Lipinski definition) is 4. The second kappa shape index (κ2) is 6.51. The zero-order chi connectivity index (χ0) is 18.1. The summed E-state index contributed by atoms with van der Waals surface area (Å²) in [6.45, 7) is 5.14. The first-order chi connectivity index (χ1) is 11.1. The molecule has 130 valence electrons. The van der Waals surface area contributed by atoms with E-state index < -0.39 is 41.5 Å². The molecule has 1 aromatic rings. The van der Waals surface area contributed by atoms with Crippen LogP contribution in [0.4, 0.5) is 4.79 Å². The van der Waals surface area contributed by atoms with Gasteiger partial charge in [0.15, 0.2) is 5.92 Å². The van der Waals surface area contributed by atoms with Gasteiger partial charge in [-0.2, -0.15) is 0 Å². The van der Waals surface area contributed by atoms with Crippen molar-refractivity contribution in [3.63, 3.8) is 0 Å². The van der Waals surface area contributed by atoms with Crippen molar-refractivity contribution >= 4 is 18.0 Å². The fourth-order valence-electron chi connectivity index (χ4n) is 3.05. The molecule has 0 heterocycles. The van der Waals surface area contributed by atoms with Crippen LogP contribution in [0.15, 0.2) is 24.3 Å². The molecule has 1 aliphatic rings. The van der Waals surface area contributed by atoms with Gasteiger partial charge in [-0.25, -0.2) is 4.79 Å². The fraction of sp³-hybridized carbons (Fsp3) is 0.471. The third kappa shape index (κ3) is 3.84. The lowest BCUT2D eigenvalue weighted by atomic mass is 9.84. The number of carbonyl (C=O) groups is 3. The van der Waals surface area contributed by atoms with Gasteiger partial charge in [-0.1, -0.05) is 24.3 Å². The summed E-state index contributed by atoms with van der Waals surface area (Å²) in [6.07, 6.45) is -0.336. The largest absolute Gasteiger partial charge is 0.481 e. The predicted molar refractivity (Wildman–Crippen MR) is 84.8 cm³/mol. The number of carboxylic acids is 2. The van der Waals surface area contributed by atoms with E-state index in [1.54, 1.807) is 45.0 Å². The van der Waals surface area contributed by atoms with Gasteiger partial charge in [0, 0.05) is 12.0 Å². The molecule has 1 amide bonds. The molecule has 7 nitrogen and oxygen atoms in total. The minimum atomic E-state index is -1.64. The second-order valence-corrected chi connectivity index (χ2v) is 6.84. The molecule has 24 heavy (non-hydrogen) atoms. The molecule has 2 atom stereocenters. The fourth-order valence-corrected chi connectivity index (χ4v) is 3.05. The summed E-state index contributed by atoms with van der Waals surface area (Å²) in [6, 6.07) is 6.37. The number of fused-ring (bicyclic) bond motifs is 1. The van der Waals surface area contributed by atoms with E-state index in [2.05, 4.69) is 5.32 Å². The van der Waals surface area contributed by atoms with Gasteiger partial charge >= 0.3 is 18.0 Å². The van der Waals surface area contributed by atoms with Crippen molar-refractivity contribution in [3.05, 3.63) is 35.4 Å². The normalized spacial score (nSPS) is 19.7. The highest BCUT2D eigenvalue weighted by Gasteiger charge is 2.45. The molecule has 0 saturated heterocycles. The predicted octanol–water partition coefficient (Wildman–Crippen LogP) is 2.00. The van der Waals surface area contributed by atoms with E-state index in [1.807, 2.05) is 0 Å². The van der Waals surface area contributed by atoms with Gasteiger partial charge in [0.1, 0.15) is 5.60 Å². The van der Waals surface area contributed by atoms with Crippen LogP contribution in [0.1, 0.15) is 37.8 Å². The number of carbonyl (C=O) groups excluding carboxylic acids is 1. The first-order valence-corrected chi connectivity index (χ1v) is 7.63. The minimum Gasteiger partial charge on any atom is -0.481 e. The Morgan fingerprint density at radius 3 is 2.29 bits per heavy atom. The Morgan fingerprint density at radius 1 is 1.17 bits per heavy atom. The average Bonchev–Trinajstić information content (AvgIpc) is 2.74. The lowest BCUT2D eigenvalue weighted by Gasteiger charge is -2.27. The van der Waals surface area contributed by atoms with E-state index in [9.17, 15) is 24.6 Å². The molecule has 2 rings (SSSR count). The van der Waals surface area contributed by atoms with Crippen LogP contribution in [0.2, 0.25) is 0 Å². The summed E-state index contributed by atoms with van der Waals surface area (Å²) < 4.78 is 5.20. The Labute approximate surface area is 139 Å². The van der Waals surface area contributed by atoms with E-state index in [0.29, 0.717) is 12.0 Å². The summed E-state index contributed by atoms with van der Waals surface area (Å²) in [5.41, 5.74) is 0.758. The Hall–Kier alpha value is -2.57. The van der Waals surface area contributed by atoms with Crippen molar-refractivity contribution < 1.29 is 29.3 Å². The number of ether oxygens (including phenoxy) is 1. The summed E-state index contributed by atoms with van der Waals surface area (Å²) in [7, 11) is 0. The van der Waals surface area contributed by atoms with E-state index in [-0.39, 0.29) is 0 Å². The molecule has 3 N–H and O–H groups in total. The van der Waals surface area contributed by atoms with E-state index in [4.69, 9.17) is 4.74 Å². The first-order valence-electron chi connectivity index (χ1n) is 7.63. The van der Waals surface area contributed by atoms with Crippen molar-refractivity contribution in [1.29, 1.82) is 0 Å². The van der Waals surface area contributed by atoms with Crippen LogP contribution in [-0.2, 0) is 20.7 Å². The molecule has 0 aliphatic heterocycles. The van der Waals surface area contributed by atoms with Gasteiger partial charge in [0.05, 0.1) is 0 Å². The van der Waals surface area contributed by atoms with Crippen molar-refractivity contribution in [3.8, 4) is 0 Å². The number of benzene rings is 1. The Morgan fingerprint density at radius 2 is 1.75 bits per heavy atom. The number of hydrogen-bond donors (Lipinski definition) is 3. The average molecular weight is 335 g/mol. The molecular weight excluding hydrogens is 314 g/mol. The van der Waals surface area contributed by atoms with Crippen LogP contribution in [-0.4, -0.2) is 39.9 Å². The van der Waals surface area contributed by atoms with Gasteiger partial charge in [-0.3, -0.25) is 9.59 Å². The van der Waals surface area contributed by atoms with Crippen LogP contribution < -0.4 is 5.32 Å². The van der Waals surface area contributed by atoms with Gasteiger partial charge in [-0.15, -0.1) is 0 Å². The van der Waals surface area contributed by atoms with Gasteiger partial charge < -0.3 is 20.3 Å². The Balaban J connectivity index is 2.32. The molecule has 0 radical (unpaired) electrons. The number of aliphatic carboxylic acids is 2. The van der Waals surface area contributed by atoms with Crippen LogP contribution >= 0.6 is 0 Å². The van der Waals surface area contributed by atoms with E-state index in [0.717, 1.165) is 5.56 Å². The lowest BCUT2D eigenvalue weighted by Crippen LogP contribution is -2.45. The molecule has 2 unspecified atom stereocenters. The highest BCUT2D eigenvalue weighted by atomic mass is 16.6. The SMILES string of the molecule is CC(C)(C)OC(=O)NC1Cc2ccccc2C1C(C(=O)O)C(=O)O. The van der Waals surface area contributed by atoms with Crippen LogP contribution in [0.5, 0.6) is 0 Å². The van der Waals surface area contributed by atoms with Crippen LogP contribution in [0.25, 0.3) is 0 Å². The molecule has 0 bridgehead atoms. The van der Waals surface area contributed by atoms with E-state index in [1.165, 1.54) is 0 Å². The topological polar surface area (TPSA) is 113 Å². The van der Waals surface area contributed by atoms with Gasteiger partial charge in [0.25, 0.3) is 0 Å². The Kier molecular flexibility index (Phi) is 4.82. The minimum absolute atomic E-state index is 0.358. The van der Waals surface area contributed by atoms with E-state index >= 15 is 0 Å². The third-order valence-electron chi connectivity index (χ3n) is 3.88. The summed E-state index contributed by atoms with van der Waals surface area (Å²) >= 11 is 0. The maximum Gasteiger partial charge on any atom is 0.407 e. The highest BCUT2D eigenvalue weighted by Crippen LogP contribution is 2.39. The zero-order valence-corrected chi connectivity index (χ0v) is 13.8. The number of nitrogens with one attached hydrogen (secondary N) is 1. The summed E-state index contributed by atoms with van der Waals surface area (Å²) in [4.78, 5) is 35.0. The van der Waals surface area contributed by atoms with Crippen LogP contribution in [0, 0.1) is 5.92 Å². The quantitative estimate of drug-likeness (QED) is 0.725. The van der Waals surface area contributed by atoms with Gasteiger partial charge in [0.2, 0.25) is 0 Å². The molecular formula is C17H21NO6. The third-order valence-corrected chi connectivity index (χ3v) is 3.88. The second-order valence-electron chi connectivity index (χ2n) is 6.84. The molecule has 1 aliphatic carbocycles. The molecule has 0 aromatic heterocycles. The summed E-state index contributed by atoms with van der Waals surface area (Å²) in [5.74, 6) is -5.36. The maximum atomic E-state index is 12.0. The van der Waals surface area contributed by atoms with Gasteiger partial charge in [-0.05, 0) is 38.3 Å². The standard InChI is InChI=1S/C17H21NO6/c1-17(2,3)24-16(23)18-11-8-9-6-4-5-7-10(9)12(11)13(14(19)20)15(21)22/h4-7,11-13H,8H2,1-3H3,(H,18,23)(H,19,20)(H,21,22). The monoisotopic (exact) mass is 335 g/mol. The molecule has 1 aromatic carbocycles. The van der Waals surface area contributed by atoms with Crippen molar-refractivity contribution in [2.45, 2.75) is 44.8 Å². The maximum absolute atomic E-state index is 12.0. The van der Waals surface area contributed by atoms with Crippen molar-refractivity contribution in [2.24, 2.45) is 5.92 Å². The smallest absolute Gasteiger partial charge is 0.407 e. The van der Waals surface area contributed by atoms with Crippen molar-refractivity contribution in [1.82, 2.24) is 5.32 Å². The lowest BCUT2D eigenvalue weighted by molar-refractivity contribution is -0.156. The number of rotatable bonds is 4. The molecule has 0 spiro atoms.